The Bertz CT molecular complexity index is 612. The van der Waals surface area contributed by atoms with E-state index in [0.29, 0.717) is 0 Å². The molecule has 0 aromatic carbocycles. The van der Waals surface area contributed by atoms with Crippen LogP contribution in [0, 0.1) is 0 Å². The van der Waals surface area contributed by atoms with Crippen LogP contribution in [0.25, 0.3) is 10.4 Å². The summed E-state index contributed by atoms with van der Waals surface area (Å²) in [6.45, 7) is 0.950. The molecule has 1 saturated heterocycles. The first-order valence-corrected chi connectivity index (χ1v) is 5.79. The molecule has 20 heavy (non-hydrogen) atoms. The molecule has 2 heterocycles. The largest absolute Gasteiger partial charge is 0.394 e. The van der Waals surface area contributed by atoms with Crippen molar-refractivity contribution in [1.82, 2.24) is 9.55 Å². The van der Waals surface area contributed by atoms with Gasteiger partial charge in [0.15, 0.2) is 6.23 Å². The number of hydrogen-bond acceptors (Lipinski definition) is 7. The third-order valence-electron chi connectivity index (χ3n) is 3.30. The maximum atomic E-state index is 11.8. The van der Waals surface area contributed by atoms with Crippen molar-refractivity contribution in [1.29, 1.82) is 0 Å². The highest BCUT2D eigenvalue weighted by atomic mass is 16.5. The quantitative estimate of drug-likeness (QED) is 0.371. The van der Waals surface area contributed by atoms with E-state index in [1.165, 1.54) is 19.2 Å². The lowest BCUT2D eigenvalue weighted by Crippen LogP contribution is -2.44. The van der Waals surface area contributed by atoms with Crippen molar-refractivity contribution in [2.24, 2.45) is 5.11 Å². The first-order valence-electron chi connectivity index (χ1n) is 5.79. The standard InChI is InChI=1S/C10H14N6O4/c1-10(14-15-12)7(18)5(4-17)20-8(10)16-3-2-6(11)13-9(16)19/h2-3,5,7-8,17-18H,4H2,1H3,(H2,11,13,19)/t5-,7-,8?,10-/m1/s1. The van der Waals surface area contributed by atoms with Gasteiger partial charge in [-0.15, -0.1) is 0 Å². The molecule has 1 aromatic heterocycles. The van der Waals surface area contributed by atoms with E-state index in [1.807, 2.05) is 0 Å². The van der Waals surface area contributed by atoms with Crippen molar-refractivity contribution in [2.75, 3.05) is 12.3 Å². The van der Waals surface area contributed by atoms with E-state index in [-0.39, 0.29) is 5.82 Å². The molecular formula is C10H14N6O4. The van der Waals surface area contributed by atoms with Gasteiger partial charge in [-0.05, 0) is 18.5 Å². The zero-order valence-electron chi connectivity index (χ0n) is 10.6. The molecule has 0 amide bonds. The van der Waals surface area contributed by atoms with E-state index in [1.54, 1.807) is 0 Å². The van der Waals surface area contributed by atoms with Gasteiger partial charge in [0.05, 0.1) is 12.7 Å². The highest BCUT2D eigenvalue weighted by Gasteiger charge is 2.53. The number of hydrogen-bond donors (Lipinski definition) is 3. The summed E-state index contributed by atoms with van der Waals surface area (Å²) in [5, 5.41) is 22.8. The fourth-order valence-corrected chi connectivity index (χ4v) is 2.20. The summed E-state index contributed by atoms with van der Waals surface area (Å²) in [4.78, 5) is 18.1. The normalized spacial score (nSPS) is 32.9. The number of aliphatic hydroxyl groups is 2. The number of aliphatic hydroxyl groups excluding tert-OH is 2. The fraction of sp³-hybridized carbons (Fsp3) is 0.600. The van der Waals surface area contributed by atoms with Gasteiger partial charge in [-0.3, -0.25) is 4.57 Å². The Hall–Kier alpha value is -2.13. The molecule has 1 aliphatic rings. The van der Waals surface area contributed by atoms with E-state index < -0.39 is 36.3 Å². The predicted octanol–water partition coefficient (Wildman–Crippen LogP) is -0.855. The van der Waals surface area contributed by atoms with Crippen LogP contribution in [0.5, 0.6) is 0 Å². The van der Waals surface area contributed by atoms with E-state index in [4.69, 9.17) is 16.0 Å². The average molecular weight is 282 g/mol. The predicted molar refractivity (Wildman–Crippen MR) is 67.5 cm³/mol. The molecule has 1 aromatic rings. The number of azide groups is 1. The number of ether oxygens (including phenoxy) is 1. The minimum atomic E-state index is -1.45. The molecule has 0 aliphatic carbocycles. The van der Waals surface area contributed by atoms with Crippen LogP contribution in [0.1, 0.15) is 13.2 Å². The molecule has 1 fully saturated rings. The van der Waals surface area contributed by atoms with Crippen molar-refractivity contribution in [3.63, 3.8) is 0 Å². The number of nitrogens with two attached hydrogens (primary N) is 1. The summed E-state index contributed by atoms with van der Waals surface area (Å²) in [6, 6.07) is 1.37. The van der Waals surface area contributed by atoms with Gasteiger partial charge in [-0.1, -0.05) is 5.11 Å². The van der Waals surface area contributed by atoms with E-state index in [2.05, 4.69) is 15.0 Å². The average Bonchev–Trinajstić information content (AvgIpc) is 2.63. The molecule has 108 valence electrons. The topological polar surface area (TPSA) is 159 Å². The Morgan fingerprint density at radius 3 is 3.00 bits per heavy atom. The second-order valence-electron chi connectivity index (χ2n) is 4.61. The van der Waals surface area contributed by atoms with Crippen LogP contribution in [0.3, 0.4) is 0 Å². The van der Waals surface area contributed by atoms with Crippen molar-refractivity contribution in [2.45, 2.75) is 30.9 Å². The molecule has 4 N–H and O–H groups in total. The molecule has 10 nitrogen and oxygen atoms in total. The van der Waals surface area contributed by atoms with Crippen LogP contribution in [-0.2, 0) is 4.74 Å². The zero-order valence-corrected chi connectivity index (χ0v) is 10.6. The van der Waals surface area contributed by atoms with Crippen molar-refractivity contribution < 1.29 is 14.9 Å². The monoisotopic (exact) mass is 282 g/mol. The van der Waals surface area contributed by atoms with Crippen LogP contribution < -0.4 is 11.4 Å². The number of rotatable bonds is 3. The molecule has 4 atom stereocenters. The summed E-state index contributed by atoms with van der Waals surface area (Å²) >= 11 is 0. The molecule has 1 aliphatic heterocycles. The summed E-state index contributed by atoms with van der Waals surface area (Å²) in [5.41, 5.74) is 11.9. The molecule has 10 heteroatoms. The van der Waals surface area contributed by atoms with Crippen LogP contribution in [-0.4, -0.2) is 44.1 Å². The fourth-order valence-electron chi connectivity index (χ4n) is 2.20. The van der Waals surface area contributed by atoms with Crippen molar-refractivity contribution in [3.05, 3.63) is 33.2 Å². The van der Waals surface area contributed by atoms with Gasteiger partial charge in [0.1, 0.15) is 17.5 Å². The molecule has 0 saturated carbocycles. The summed E-state index contributed by atoms with van der Waals surface area (Å²) in [6.07, 6.45) is -2.00. The molecule has 0 spiro atoms. The van der Waals surface area contributed by atoms with E-state index in [9.17, 15) is 15.0 Å². The lowest BCUT2D eigenvalue weighted by atomic mass is 9.93. The van der Waals surface area contributed by atoms with Crippen LogP contribution in [0.4, 0.5) is 5.82 Å². The summed E-state index contributed by atoms with van der Waals surface area (Å²) in [7, 11) is 0. The molecular weight excluding hydrogens is 268 g/mol. The first-order chi connectivity index (χ1) is 9.43. The highest BCUT2D eigenvalue weighted by Crippen LogP contribution is 2.40. The van der Waals surface area contributed by atoms with Crippen LogP contribution in [0.15, 0.2) is 22.2 Å². The maximum Gasteiger partial charge on any atom is 0.351 e. The van der Waals surface area contributed by atoms with Gasteiger partial charge in [0.2, 0.25) is 0 Å². The third-order valence-corrected chi connectivity index (χ3v) is 3.30. The Balaban J connectivity index is 2.53. The number of aromatic nitrogens is 2. The van der Waals surface area contributed by atoms with Gasteiger partial charge in [-0.25, -0.2) is 4.79 Å². The van der Waals surface area contributed by atoms with E-state index >= 15 is 0 Å². The van der Waals surface area contributed by atoms with Crippen LogP contribution in [0.2, 0.25) is 0 Å². The minimum absolute atomic E-state index is 0.0361. The Kier molecular flexibility index (Phi) is 3.64. The Morgan fingerprint density at radius 2 is 2.45 bits per heavy atom. The Morgan fingerprint density at radius 1 is 1.75 bits per heavy atom. The SMILES string of the molecule is C[C@]1(N=[N+]=[N-])C(n2ccc(N)nc2=O)O[C@H](CO)[C@H]1O. The molecule has 1 unspecified atom stereocenters. The maximum absolute atomic E-state index is 11.8. The number of nitrogen functional groups attached to an aromatic ring is 1. The van der Waals surface area contributed by atoms with Gasteiger partial charge < -0.3 is 20.7 Å². The number of nitrogens with zero attached hydrogens (tertiary/aromatic N) is 5. The number of anilines is 1. The van der Waals surface area contributed by atoms with Crippen molar-refractivity contribution in [3.8, 4) is 0 Å². The lowest BCUT2D eigenvalue weighted by molar-refractivity contribution is -0.0486. The molecule has 2 rings (SSSR count). The minimum Gasteiger partial charge on any atom is -0.394 e. The van der Waals surface area contributed by atoms with Gasteiger partial charge in [0, 0.05) is 11.1 Å². The Labute approximate surface area is 113 Å². The van der Waals surface area contributed by atoms with Gasteiger partial charge >= 0.3 is 5.69 Å². The smallest absolute Gasteiger partial charge is 0.351 e. The first kappa shape index (κ1) is 14.3. The second-order valence-corrected chi connectivity index (χ2v) is 4.61. The molecule has 0 bridgehead atoms. The second kappa shape index (κ2) is 5.10. The van der Waals surface area contributed by atoms with Gasteiger partial charge in [0.25, 0.3) is 0 Å². The lowest BCUT2D eigenvalue weighted by Gasteiger charge is -2.27. The van der Waals surface area contributed by atoms with Crippen LogP contribution >= 0.6 is 0 Å². The van der Waals surface area contributed by atoms with Crippen molar-refractivity contribution >= 4 is 5.82 Å². The third kappa shape index (κ3) is 2.10. The highest BCUT2D eigenvalue weighted by molar-refractivity contribution is 5.24. The summed E-state index contributed by atoms with van der Waals surface area (Å²) < 4.78 is 6.47. The zero-order chi connectivity index (χ0) is 14.9. The van der Waals surface area contributed by atoms with Gasteiger partial charge in [-0.2, -0.15) is 4.98 Å². The van der Waals surface area contributed by atoms with E-state index in [0.717, 1.165) is 4.57 Å². The molecule has 0 radical (unpaired) electrons. The summed E-state index contributed by atoms with van der Waals surface area (Å²) in [5.74, 6) is 0.0361.